The fourth-order valence-electron chi connectivity index (χ4n) is 1.44. The van der Waals surface area contributed by atoms with Crippen molar-refractivity contribution in [2.75, 3.05) is 20.8 Å². The van der Waals surface area contributed by atoms with Gasteiger partial charge in [0.1, 0.15) is 6.61 Å². The number of hydrogen-bond acceptors (Lipinski definition) is 3. The summed E-state index contributed by atoms with van der Waals surface area (Å²) in [4.78, 5) is 0. The fourth-order valence-corrected chi connectivity index (χ4v) is 1.44. The van der Waals surface area contributed by atoms with Crippen LogP contribution in [0.3, 0.4) is 0 Å². The van der Waals surface area contributed by atoms with Gasteiger partial charge in [0.2, 0.25) is 0 Å². The molecule has 1 rings (SSSR count). The van der Waals surface area contributed by atoms with E-state index in [2.05, 4.69) is 19.2 Å². The third kappa shape index (κ3) is 4.49. The Bertz CT molecular complexity index is 382. The monoisotopic (exact) mass is 235 g/mol. The van der Waals surface area contributed by atoms with Crippen molar-refractivity contribution in [3.63, 3.8) is 0 Å². The number of methoxy groups -OCH3 is 1. The van der Waals surface area contributed by atoms with E-state index in [0.717, 1.165) is 18.0 Å². The molecule has 3 nitrogen and oxygen atoms in total. The molecule has 1 N–H and O–H groups in total. The first-order valence-corrected chi connectivity index (χ1v) is 5.75. The lowest BCUT2D eigenvalue weighted by Gasteiger charge is -2.11. The number of rotatable bonds is 6. The molecule has 94 valence electrons. The van der Waals surface area contributed by atoms with Crippen molar-refractivity contribution in [3.8, 4) is 11.5 Å². The van der Waals surface area contributed by atoms with Crippen molar-refractivity contribution in [3.05, 3.63) is 35.4 Å². The zero-order valence-electron chi connectivity index (χ0n) is 11.0. The highest BCUT2D eigenvalue weighted by Gasteiger charge is 2.04. The lowest BCUT2D eigenvalue weighted by molar-refractivity contribution is 0.325. The first kappa shape index (κ1) is 13.6. The van der Waals surface area contributed by atoms with E-state index in [1.807, 2.05) is 31.3 Å². The number of ether oxygens (including phenoxy) is 2. The van der Waals surface area contributed by atoms with Crippen LogP contribution >= 0.6 is 0 Å². The molecular formula is C14H21NO2. The Morgan fingerprint density at radius 3 is 2.65 bits per heavy atom. The molecule has 0 bridgehead atoms. The van der Waals surface area contributed by atoms with E-state index in [-0.39, 0.29) is 0 Å². The van der Waals surface area contributed by atoms with Gasteiger partial charge >= 0.3 is 0 Å². The lowest BCUT2D eigenvalue weighted by atomic mass is 10.2. The van der Waals surface area contributed by atoms with Gasteiger partial charge in [-0.05, 0) is 44.7 Å². The van der Waals surface area contributed by atoms with Gasteiger partial charge < -0.3 is 14.8 Å². The second kappa shape index (κ2) is 6.97. The Morgan fingerprint density at radius 1 is 1.29 bits per heavy atom. The van der Waals surface area contributed by atoms with Gasteiger partial charge in [0.25, 0.3) is 0 Å². The summed E-state index contributed by atoms with van der Waals surface area (Å²) in [5.74, 6) is 1.56. The van der Waals surface area contributed by atoms with E-state index in [0.29, 0.717) is 6.61 Å². The average Bonchev–Trinajstić information content (AvgIpc) is 2.30. The van der Waals surface area contributed by atoms with Crippen molar-refractivity contribution in [1.29, 1.82) is 0 Å². The molecule has 0 aliphatic heterocycles. The molecule has 0 atom stereocenters. The van der Waals surface area contributed by atoms with E-state index in [1.165, 1.54) is 11.1 Å². The Hall–Kier alpha value is -1.48. The molecule has 0 aliphatic carbocycles. The van der Waals surface area contributed by atoms with Gasteiger partial charge in [0.05, 0.1) is 7.11 Å². The summed E-state index contributed by atoms with van der Waals surface area (Å²) >= 11 is 0. The molecule has 0 radical (unpaired) electrons. The molecule has 0 saturated carbocycles. The SMILES string of the molecule is CNCc1ccc(OCC=C(C)C)c(OC)c1. The summed E-state index contributed by atoms with van der Waals surface area (Å²) in [7, 11) is 3.58. The maximum atomic E-state index is 5.65. The molecular weight excluding hydrogens is 214 g/mol. The van der Waals surface area contributed by atoms with E-state index in [9.17, 15) is 0 Å². The molecule has 0 heterocycles. The molecule has 0 amide bonds. The van der Waals surface area contributed by atoms with E-state index in [4.69, 9.17) is 9.47 Å². The molecule has 17 heavy (non-hydrogen) atoms. The minimum absolute atomic E-state index is 0.573. The largest absolute Gasteiger partial charge is 0.493 e. The number of benzene rings is 1. The third-order valence-electron chi connectivity index (χ3n) is 2.34. The summed E-state index contributed by atoms with van der Waals surface area (Å²) in [6.45, 7) is 5.50. The first-order chi connectivity index (χ1) is 8.17. The summed E-state index contributed by atoms with van der Waals surface area (Å²) in [6, 6.07) is 5.98. The zero-order chi connectivity index (χ0) is 12.7. The maximum absolute atomic E-state index is 5.65. The van der Waals surface area contributed by atoms with E-state index < -0.39 is 0 Å². The molecule has 0 unspecified atom stereocenters. The minimum atomic E-state index is 0.573. The van der Waals surface area contributed by atoms with E-state index in [1.54, 1.807) is 7.11 Å². The van der Waals surface area contributed by atoms with Crippen LogP contribution in [0.4, 0.5) is 0 Å². The highest BCUT2D eigenvalue weighted by molar-refractivity contribution is 5.43. The Balaban J connectivity index is 2.74. The zero-order valence-corrected chi connectivity index (χ0v) is 11.0. The Morgan fingerprint density at radius 2 is 2.06 bits per heavy atom. The third-order valence-corrected chi connectivity index (χ3v) is 2.34. The Kier molecular flexibility index (Phi) is 5.57. The summed E-state index contributed by atoms with van der Waals surface area (Å²) in [5, 5.41) is 3.11. The minimum Gasteiger partial charge on any atom is -0.493 e. The Labute approximate surface area is 103 Å². The molecule has 3 heteroatoms. The predicted octanol–water partition coefficient (Wildman–Crippen LogP) is 2.76. The summed E-state index contributed by atoms with van der Waals surface area (Å²) < 4.78 is 11.0. The molecule has 1 aromatic carbocycles. The normalized spacial score (nSPS) is 9.88. The van der Waals surface area contributed by atoms with Crippen LogP contribution in [0.15, 0.2) is 29.8 Å². The van der Waals surface area contributed by atoms with Crippen LogP contribution in [0.5, 0.6) is 11.5 Å². The van der Waals surface area contributed by atoms with Crippen LogP contribution in [-0.2, 0) is 6.54 Å². The van der Waals surface area contributed by atoms with Crippen molar-refractivity contribution >= 4 is 0 Å². The van der Waals surface area contributed by atoms with E-state index >= 15 is 0 Å². The van der Waals surface area contributed by atoms with Crippen LogP contribution in [0.1, 0.15) is 19.4 Å². The quantitative estimate of drug-likeness (QED) is 0.769. The number of nitrogens with one attached hydrogen (secondary N) is 1. The number of allylic oxidation sites excluding steroid dienone is 1. The molecule has 1 aromatic rings. The van der Waals surface area contributed by atoms with Crippen LogP contribution in [0.25, 0.3) is 0 Å². The van der Waals surface area contributed by atoms with Gasteiger partial charge in [-0.25, -0.2) is 0 Å². The molecule has 0 aromatic heterocycles. The van der Waals surface area contributed by atoms with Crippen molar-refractivity contribution in [2.45, 2.75) is 20.4 Å². The molecule has 0 spiro atoms. The average molecular weight is 235 g/mol. The lowest BCUT2D eigenvalue weighted by Crippen LogP contribution is -2.05. The van der Waals surface area contributed by atoms with Gasteiger partial charge in [-0.3, -0.25) is 0 Å². The molecule has 0 aliphatic rings. The van der Waals surface area contributed by atoms with Gasteiger partial charge in [-0.1, -0.05) is 11.6 Å². The van der Waals surface area contributed by atoms with Crippen molar-refractivity contribution in [2.24, 2.45) is 0 Å². The highest BCUT2D eigenvalue weighted by Crippen LogP contribution is 2.28. The maximum Gasteiger partial charge on any atom is 0.161 e. The highest BCUT2D eigenvalue weighted by atomic mass is 16.5. The van der Waals surface area contributed by atoms with Crippen LogP contribution in [-0.4, -0.2) is 20.8 Å². The first-order valence-electron chi connectivity index (χ1n) is 5.75. The summed E-state index contributed by atoms with van der Waals surface area (Å²) in [6.07, 6.45) is 2.04. The topological polar surface area (TPSA) is 30.5 Å². The number of hydrogen-bond donors (Lipinski definition) is 1. The molecule has 0 saturated heterocycles. The summed E-state index contributed by atoms with van der Waals surface area (Å²) in [5.41, 5.74) is 2.43. The van der Waals surface area contributed by atoms with Gasteiger partial charge in [0.15, 0.2) is 11.5 Å². The van der Waals surface area contributed by atoms with Gasteiger partial charge in [-0.15, -0.1) is 0 Å². The van der Waals surface area contributed by atoms with Crippen LogP contribution in [0, 0.1) is 0 Å². The van der Waals surface area contributed by atoms with Gasteiger partial charge in [0, 0.05) is 6.54 Å². The van der Waals surface area contributed by atoms with Crippen LogP contribution in [0.2, 0.25) is 0 Å². The fraction of sp³-hybridized carbons (Fsp3) is 0.429. The second-order valence-electron chi connectivity index (χ2n) is 4.11. The van der Waals surface area contributed by atoms with Gasteiger partial charge in [-0.2, -0.15) is 0 Å². The van der Waals surface area contributed by atoms with Crippen LogP contribution < -0.4 is 14.8 Å². The molecule has 0 fully saturated rings. The van der Waals surface area contributed by atoms with Crippen molar-refractivity contribution < 1.29 is 9.47 Å². The smallest absolute Gasteiger partial charge is 0.161 e. The second-order valence-corrected chi connectivity index (χ2v) is 4.11. The van der Waals surface area contributed by atoms with Crippen molar-refractivity contribution in [1.82, 2.24) is 5.32 Å². The standard InChI is InChI=1S/C14H21NO2/c1-11(2)7-8-17-13-6-5-12(10-15-3)9-14(13)16-4/h5-7,9,15H,8,10H2,1-4H3. The predicted molar refractivity (Wildman–Crippen MR) is 70.7 cm³/mol.